The summed E-state index contributed by atoms with van der Waals surface area (Å²) in [6.45, 7) is 0. The molecule has 0 N–H and O–H groups in total. The Balaban J connectivity index is 1.67. The normalized spacial score (nSPS) is 14.3. The number of hydrogen-bond acceptors (Lipinski definition) is 8. The molecule has 0 amide bonds. The van der Waals surface area contributed by atoms with Gasteiger partial charge < -0.3 is 18.6 Å². The van der Waals surface area contributed by atoms with Crippen LogP contribution in [0.3, 0.4) is 0 Å². The molecule has 4 rings (SSSR count). The Morgan fingerprint density at radius 1 is 1.09 bits per heavy atom. The summed E-state index contributed by atoms with van der Waals surface area (Å²) < 4.78 is 23.5. The first kappa shape index (κ1) is 22.3. The van der Waals surface area contributed by atoms with Crippen LogP contribution < -0.4 is 9.47 Å². The largest absolute Gasteiger partial charge is 0.493 e. The van der Waals surface area contributed by atoms with Gasteiger partial charge in [0.25, 0.3) is 0 Å². The summed E-state index contributed by atoms with van der Waals surface area (Å²) in [4.78, 5) is 12.0. The molecule has 0 spiro atoms. The number of benzene rings is 1. The summed E-state index contributed by atoms with van der Waals surface area (Å²) in [6, 6.07) is 7.73. The third kappa shape index (κ3) is 4.48. The van der Waals surface area contributed by atoms with Gasteiger partial charge in [0.15, 0.2) is 22.5 Å². The number of aromatic nitrogens is 3. The van der Waals surface area contributed by atoms with Crippen LogP contribution in [0.25, 0.3) is 11.4 Å². The van der Waals surface area contributed by atoms with Crippen LogP contribution in [0, 0.1) is 0 Å². The van der Waals surface area contributed by atoms with E-state index in [-0.39, 0.29) is 0 Å². The highest BCUT2D eigenvalue weighted by Crippen LogP contribution is 2.38. The maximum absolute atomic E-state index is 12.0. The van der Waals surface area contributed by atoms with Crippen LogP contribution in [0.4, 0.5) is 0 Å². The van der Waals surface area contributed by atoms with E-state index in [1.165, 1.54) is 44.4 Å². The fourth-order valence-electron chi connectivity index (χ4n) is 4.09. The third-order valence-electron chi connectivity index (χ3n) is 5.73. The average Bonchev–Trinajstić information content (AvgIpc) is 3.49. The summed E-state index contributed by atoms with van der Waals surface area (Å²) in [5.74, 6) is 2.72. The minimum atomic E-state index is -0.408. The summed E-state index contributed by atoms with van der Waals surface area (Å²) in [7, 11) is 4.60. The van der Waals surface area contributed by atoms with Crippen LogP contribution in [0.15, 0.2) is 40.1 Å². The zero-order chi connectivity index (χ0) is 22.5. The summed E-state index contributed by atoms with van der Waals surface area (Å²) in [6.07, 6.45) is 7.29. The predicted octanol–water partition coefficient (Wildman–Crippen LogP) is 5.14. The Morgan fingerprint density at radius 3 is 2.59 bits per heavy atom. The van der Waals surface area contributed by atoms with Crippen LogP contribution in [0.2, 0.25) is 0 Å². The van der Waals surface area contributed by atoms with Crippen molar-refractivity contribution in [2.75, 3.05) is 21.3 Å². The minimum absolute atomic E-state index is 0.320. The molecule has 0 atom stereocenters. The van der Waals surface area contributed by atoms with E-state index in [1.807, 2.05) is 18.2 Å². The van der Waals surface area contributed by atoms with Crippen molar-refractivity contribution in [3.05, 3.63) is 41.9 Å². The maximum Gasteiger partial charge on any atom is 0.341 e. The van der Waals surface area contributed by atoms with Crippen LogP contribution in [-0.4, -0.2) is 42.1 Å². The van der Waals surface area contributed by atoms with Gasteiger partial charge in [0.1, 0.15) is 11.3 Å². The molecule has 1 aliphatic carbocycles. The topological polar surface area (TPSA) is 88.6 Å². The van der Waals surface area contributed by atoms with Crippen LogP contribution in [0.5, 0.6) is 11.5 Å². The van der Waals surface area contributed by atoms with Gasteiger partial charge in [0.05, 0.1) is 33.3 Å². The Bertz CT molecular complexity index is 1070. The summed E-state index contributed by atoms with van der Waals surface area (Å²) in [5, 5.41) is 9.85. The highest BCUT2D eigenvalue weighted by atomic mass is 32.2. The van der Waals surface area contributed by atoms with E-state index in [9.17, 15) is 4.79 Å². The van der Waals surface area contributed by atoms with E-state index in [4.69, 9.17) is 18.6 Å². The van der Waals surface area contributed by atoms with E-state index in [0.717, 1.165) is 29.4 Å². The average molecular weight is 458 g/mol. The molecular weight excluding hydrogens is 430 g/mol. The monoisotopic (exact) mass is 457 g/mol. The van der Waals surface area contributed by atoms with Crippen molar-refractivity contribution in [2.24, 2.45) is 0 Å². The second-order valence-corrected chi connectivity index (χ2v) is 8.52. The van der Waals surface area contributed by atoms with Gasteiger partial charge in [-0.2, -0.15) is 0 Å². The molecule has 0 unspecified atom stereocenters. The van der Waals surface area contributed by atoms with Crippen LogP contribution >= 0.6 is 11.8 Å². The van der Waals surface area contributed by atoms with Crippen molar-refractivity contribution in [3.8, 4) is 22.9 Å². The van der Waals surface area contributed by atoms with Gasteiger partial charge in [-0.15, -0.1) is 10.2 Å². The first-order chi connectivity index (χ1) is 15.7. The Labute approximate surface area is 191 Å². The number of nitrogens with zero attached hydrogens (tertiary/aromatic N) is 3. The second-order valence-electron chi connectivity index (χ2n) is 7.58. The SMILES string of the molecule is COC(=O)c1ccoc1CSc1nnc(-c2ccc(OC)c(OC)c2)n1C1CCCCC1. The molecule has 2 heterocycles. The fraction of sp³-hybridized carbons (Fsp3) is 0.435. The number of esters is 1. The number of carbonyl (C=O) groups is 1. The van der Waals surface area contributed by atoms with Crippen molar-refractivity contribution in [3.63, 3.8) is 0 Å². The van der Waals surface area contributed by atoms with Crippen molar-refractivity contribution >= 4 is 17.7 Å². The highest BCUT2D eigenvalue weighted by molar-refractivity contribution is 7.98. The first-order valence-corrected chi connectivity index (χ1v) is 11.6. The lowest BCUT2D eigenvalue weighted by molar-refractivity contribution is 0.0598. The molecule has 8 nitrogen and oxygen atoms in total. The van der Waals surface area contributed by atoms with Crippen molar-refractivity contribution in [1.29, 1.82) is 0 Å². The van der Waals surface area contributed by atoms with E-state index in [1.54, 1.807) is 20.3 Å². The lowest BCUT2D eigenvalue weighted by Gasteiger charge is -2.25. The van der Waals surface area contributed by atoms with Crippen LogP contribution in [0.1, 0.15) is 54.3 Å². The number of furan rings is 1. The number of carbonyl (C=O) groups excluding carboxylic acids is 1. The fourth-order valence-corrected chi connectivity index (χ4v) is 5.05. The molecule has 9 heteroatoms. The van der Waals surface area contributed by atoms with Crippen molar-refractivity contribution < 1.29 is 23.4 Å². The van der Waals surface area contributed by atoms with Gasteiger partial charge in [-0.1, -0.05) is 31.0 Å². The zero-order valence-corrected chi connectivity index (χ0v) is 19.3. The lowest BCUT2D eigenvalue weighted by Crippen LogP contribution is -2.15. The Morgan fingerprint density at radius 2 is 1.88 bits per heavy atom. The number of methoxy groups -OCH3 is 3. The molecule has 1 saturated carbocycles. The molecule has 0 radical (unpaired) electrons. The number of ether oxygens (including phenoxy) is 3. The van der Waals surface area contributed by atoms with E-state index in [0.29, 0.717) is 34.6 Å². The van der Waals surface area contributed by atoms with Crippen molar-refractivity contribution in [2.45, 2.75) is 49.1 Å². The van der Waals surface area contributed by atoms with E-state index >= 15 is 0 Å². The van der Waals surface area contributed by atoms with Gasteiger partial charge in [0.2, 0.25) is 0 Å². The van der Waals surface area contributed by atoms with Gasteiger partial charge in [-0.25, -0.2) is 4.79 Å². The third-order valence-corrected chi connectivity index (χ3v) is 6.67. The molecule has 32 heavy (non-hydrogen) atoms. The van der Waals surface area contributed by atoms with Gasteiger partial charge in [0, 0.05) is 11.6 Å². The molecule has 3 aromatic rings. The molecular formula is C23H27N3O5S. The highest BCUT2D eigenvalue weighted by Gasteiger charge is 2.25. The van der Waals surface area contributed by atoms with Crippen LogP contribution in [-0.2, 0) is 10.5 Å². The standard InChI is InChI=1S/C23H27N3O5S/c1-28-18-10-9-15(13-19(18)29-2)21-24-25-23(26(21)16-7-5-4-6-8-16)32-14-20-17(11-12-31-20)22(27)30-3/h9-13,16H,4-8,14H2,1-3H3. The number of thioether (sulfide) groups is 1. The van der Waals surface area contributed by atoms with Crippen molar-refractivity contribution in [1.82, 2.24) is 14.8 Å². The summed E-state index contributed by atoms with van der Waals surface area (Å²) >= 11 is 1.51. The lowest BCUT2D eigenvalue weighted by atomic mass is 9.95. The quantitative estimate of drug-likeness (QED) is 0.339. The first-order valence-electron chi connectivity index (χ1n) is 10.6. The molecule has 0 bridgehead atoms. The minimum Gasteiger partial charge on any atom is -0.493 e. The van der Waals surface area contributed by atoms with Gasteiger partial charge in [-0.05, 0) is 37.1 Å². The molecule has 1 aromatic carbocycles. The van der Waals surface area contributed by atoms with Gasteiger partial charge >= 0.3 is 5.97 Å². The van der Waals surface area contributed by atoms with E-state index in [2.05, 4.69) is 14.8 Å². The zero-order valence-electron chi connectivity index (χ0n) is 18.5. The molecule has 1 aliphatic rings. The number of hydrogen-bond donors (Lipinski definition) is 0. The van der Waals surface area contributed by atoms with E-state index < -0.39 is 5.97 Å². The predicted molar refractivity (Wildman–Crippen MR) is 120 cm³/mol. The Hall–Kier alpha value is -2.94. The second kappa shape index (κ2) is 10.1. The molecule has 0 saturated heterocycles. The Kier molecular flexibility index (Phi) is 7.04. The molecule has 2 aromatic heterocycles. The number of rotatable bonds is 8. The molecule has 1 fully saturated rings. The smallest absolute Gasteiger partial charge is 0.341 e. The maximum atomic E-state index is 12.0. The van der Waals surface area contributed by atoms with Gasteiger partial charge in [-0.3, -0.25) is 4.57 Å². The molecule has 170 valence electrons. The summed E-state index contributed by atoms with van der Waals surface area (Å²) in [5.41, 5.74) is 1.35. The molecule has 0 aliphatic heterocycles.